The van der Waals surface area contributed by atoms with Crippen LogP contribution in [0.15, 0.2) is 5.16 Å². The van der Waals surface area contributed by atoms with Crippen LogP contribution in [0.25, 0.3) is 0 Å². The predicted octanol–water partition coefficient (Wildman–Crippen LogP) is 1.59. The van der Waals surface area contributed by atoms with Gasteiger partial charge in [-0.2, -0.15) is 0 Å². The van der Waals surface area contributed by atoms with E-state index in [1.165, 1.54) is 0 Å². The quantitative estimate of drug-likeness (QED) is 0.508. The molecule has 86 valence electrons. The van der Waals surface area contributed by atoms with Gasteiger partial charge < -0.3 is 5.21 Å². The van der Waals surface area contributed by atoms with Crippen LogP contribution in [0.3, 0.4) is 0 Å². The van der Waals surface area contributed by atoms with Gasteiger partial charge in [0.25, 0.3) is 0 Å². The van der Waals surface area contributed by atoms with Crippen molar-refractivity contribution >= 4 is 15.5 Å². The van der Waals surface area contributed by atoms with Gasteiger partial charge in [-0.3, -0.25) is 0 Å². The van der Waals surface area contributed by atoms with Crippen LogP contribution in [0.5, 0.6) is 0 Å². The number of nitrogens with zero attached hydrogens (tertiary/aromatic N) is 1. The van der Waals surface area contributed by atoms with E-state index in [0.717, 1.165) is 44.2 Å². The zero-order valence-electron chi connectivity index (χ0n) is 8.78. The van der Waals surface area contributed by atoms with Crippen LogP contribution in [0.2, 0.25) is 0 Å². The minimum atomic E-state index is -2.76. The van der Waals surface area contributed by atoms with Crippen LogP contribution in [0.4, 0.5) is 0 Å². The van der Waals surface area contributed by atoms with E-state index in [4.69, 9.17) is 5.21 Å². The average Bonchev–Trinajstić information content (AvgIpc) is 2.24. The molecule has 1 heterocycles. The Morgan fingerprint density at radius 2 is 1.60 bits per heavy atom. The molecular weight excluding hydrogens is 214 g/mol. The van der Waals surface area contributed by atoms with Crippen molar-refractivity contribution in [1.29, 1.82) is 0 Å². The summed E-state index contributed by atoms with van der Waals surface area (Å²) in [6.07, 6.45) is 5.24. The average molecular weight is 231 g/mol. The van der Waals surface area contributed by atoms with E-state index in [1.54, 1.807) is 0 Å². The maximum absolute atomic E-state index is 11.3. The summed E-state index contributed by atoms with van der Waals surface area (Å²) in [5.74, 6) is 0.692. The number of oxime groups is 1. The predicted molar refractivity (Wildman–Crippen MR) is 58.0 cm³/mol. The highest BCUT2D eigenvalue weighted by Crippen LogP contribution is 2.44. The van der Waals surface area contributed by atoms with Gasteiger partial charge in [0.1, 0.15) is 9.84 Å². The van der Waals surface area contributed by atoms with Crippen molar-refractivity contribution in [1.82, 2.24) is 0 Å². The Morgan fingerprint density at radius 3 is 2.07 bits per heavy atom. The van der Waals surface area contributed by atoms with E-state index in [9.17, 15) is 8.42 Å². The Morgan fingerprint density at radius 1 is 1.07 bits per heavy atom. The lowest BCUT2D eigenvalue weighted by Crippen LogP contribution is -2.36. The fourth-order valence-electron chi connectivity index (χ4n) is 2.64. The highest BCUT2D eigenvalue weighted by Gasteiger charge is 2.39. The first-order valence-corrected chi connectivity index (χ1v) is 7.28. The van der Waals surface area contributed by atoms with Gasteiger partial charge in [0.2, 0.25) is 0 Å². The van der Waals surface area contributed by atoms with Gasteiger partial charge in [-0.05, 0) is 43.9 Å². The number of hydrogen-bond acceptors (Lipinski definition) is 4. The molecule has 0 aromatic heterocycles. The summed E-state index contributed by atoms with van der Waals surface area (Å²) in [7, 11) is -2.76. The lowest BCUT2D eigenvalue weighted by Gasteiger charge is -2.40. The van der Waals surface area contributed by atoms with Gasteiger partial charge >= 0.3 is 0 Å². The molecule has 0 bridgehead atoms. The third-order valence-corrected chi connectivity index (χ3v) is 5.57. The Balaban J connectivity index is 2.00. The molecule has 1 aliphatic carbocycles. The number of hydrogen-bond donors (Lipinski definition) is 1. The maximum atomic E-state index is 11.3. The topological polar surface area (TPSA) is 66.7 Å². The van der Waals surface area contributed by atoms with Gasteiger partial charge in [-0.1, -0.05) is 5.16 Å². The van der Waals surface area contributed by atoms with E-state index < -0.39 is 9.84 Å². The van der Waals surface area contributed by atoms with Crippen LogP contribution >= 0.6 is 0 Å². The lowest BCUT2D eigenvalue weighted by atomic mass is 9.70. The number of rotatable bonds is 0. The fourth-order valence-corrected chi connectivity index (χ4v) is 4.33. The van der Waals surface area contributed by atoms with Gasteiger partial charge in [0.15, 0.2) is 0 Å². The molecule has 15 heavy (non-hydrogen) atoms. The molecule has 2 aliphatic rings. The van der Waals surface area contributed by atoms with Crippen molar-refractivity contribution in [2.45, 2.75) is 38.5 Å². The highest BCUT2D eigenvalue weighted by molar-refractivity contribution is 7.91. The highest BCUT2D eigenvalue weighted by atomic mass is 32.2. The maximum Gasteiger partial charge on any atom is 0.150 e. The number of sulfone groups is 1. The van der Waals surface area contributed by atoms with Crippen LogP contribution in [0.1, 0.15) is 38.5 Å². The van der Waals surface area contributed by atoms with E-state index >= 15 is 0 Å². The van der Waals surface area contributed by atoms with Crippen LogP contribution in [-0.4, -0.2) is 30.8 Å². The Bertz CT molecular complexity index is 346. The second kappa shape index (κ2) is 3.77. The van der Waals surface area contributed by atoms with E-state index in [-0.39, 0.29) is 5.41 Å². The molecule has 1 spiro atoms. The van der Waals surface area contributed by atoms with E-state index in [1.807, 2.05) is 0 Å². The molecule has 1 N–H and O–H groups in total. The second-order valence-corrected chi connectivity index (χ2v) is 7.12. The standard InChI is InChI=1S/C10H17NO3S/c12-11-9-1-3-10(4-2-9)5-7-15(13,14)8-6-10/h12H,1-8H2. The SMILES string of the molecule is O=S1(=O)CCC2(CCC(=NO)CC2)CC1. The van der Waals surface area contributed by atoms with Crippen LogP contribution in [-0.2, 0) is 9.84 Å². The molecule has 0 aromatic rings. The molecule has 2 fully saturated rings. The second-order valence-electron chi connectivity index (χ2n) is 4.82. The molecule has 1 saturated heterocycles. The van der Waals surface area contributed by atoms with Crippen molar-refractivity contribution < 1.29 is 13.6 Å². The third kappa shape index (κ3) is 2.33. The molecule has 2 rings (SSSR count). The van der Waals surface area contributed by atoms with Gasteiger partial charge in [0, 0.05) is 0 Å². The summed E-state index contributed by atoms with van der Waals surface area (Å²) in [5, 5.41) is 11.9. The van der Waals surface area contributed by atoms with Crippen LogP contribution in [0, 0.1) is 5.41 Å². The molecule has 1 aliphatic heterocycles. The summed E-state index contributed by atoms with van der Waals surface area (Å²) in [5.41, 5.74) is 1.09. The zero-order chi connectivity index (χ0) is 10.9. The van der Waals surface area contributed by atoms with Crippen molar-refractivity contribution in [3.05, 3.63) is 0 Å². The van der Waals surface area contributed by atoms with Crippen molar-refractivity contribution in [2.24, 2.45) is 10.6 Å². The van der Waals surface area contributed by atoms with Crippen molar-refractivity contribution in [3.8, 4) is 0 Å². The molecular formula is C10H17NO3S. The molecule has 0 atom stereocenters. The molecule has 1 saturated carbocycles. The molecule has 0 amide bonds. The summed E-state index contributed by atoms with van der Waals surface area (Å²) < 4.78 is 22.7. The van der Waals surface area contributed by atoms with Gasteiger partial charge in [-0.15, -0.1) is 0 Å². The molecule has 5 heteroatoms. The van der Waals surface area contributed by atoms with E-state index in [2.05, 4.69) is 5.16 Å². The molecule has 0 aromatic carbocycles. The largest absolute Gasteiger partial charge is 0.411 e. The molecule has 0 unspecified atom stereocenters. The van der Waals surface area contributed by atoms with E-state index in [0.29, 0.717) is 11.5 Å². The Labute approximate surface area is 90.3 Å². The van der Waals surface area contributed by atoms with Crippen molar-refractivity contribution in [2.75, 3.05) is 11.5 Å². The molecule has 4 nitrogen and oxygen atoms in total. The lowest BCUT2D eigenvalue weighted by molar-refractivity contribution is 0.203. The Kier molecular flexibility index (Phi) is 2.75. The normalized spacial score (nSPS) is 28.9. The van der Waals surface area contributed by atoms with Crippen LogP contribution < -0.4 is 0 Å². The summed E-state index contributed by atoms with van der Waals surface area (Å²) >= 11 is 0. The first-order valence-electron chi connectivity index (χ1n) is 5.46. The first kappa shape index (κ1) is 10.9. The summed E-state index contributed by atoms with van der Waals surface area (Å²) in [4.78, 5) is 0. The summed E-state index contributed by atoms with van der Waals surface area (Å²) in [6, 6.07) is 0. The fraction of sp³-hybridized carbons (Fsp3) is 0.900. The monoisotopic (exact) mass is 231 g/mol. The van der Waals surface area contributed by atoms with Crippen molar-refractivity contribution in [3.63, 3.8) is 0 Å². The minimum Gasteiger partial charge on any atom is -0.411 e. The van der Waals surface area contributed by atoms with Gasteiger partial charge in [0.05, 0.1) is 17.2 Å². The zero-order valence-corrected chi connectivity index (χ0v) is 9.59. The smallest absolute Gasteiger partial charge is 0.150 e. The molecule has 0 radical (unpaired) electrons. The third-order valence-electron chi connectivity index (χ3n) is 3.92. The minimum absolute atomic E-state index is 0.222. The van der Waals surface area contributed by atoms with Gasteiger partial charge in [-0.25, -0.2) is 8.42 Å². The summed E-state index contributed by atoms with van der Waals surface area (Å²) in [6.45, 7) is 0. The Hall–Kier alpha value is -0.580. The first-order chi connectivity index (χ1) is 7.05.